The summed E-state index contributed by atoms with van der Waals surface area (Å²) in [5.74, 6) is 0.00797. The molecule has 0 spiro atoms. The Hall–Kier alpha value is -2.82. The molecule has 152 valence electrons. The minimum Gasteiger partial charge on any atom is -0.314 e. The molecule has 9 nitrogen and oxygen atoms in total. The quantitative estimate of drug-likeness (QED) is 0.564. The molecule has 1 saturated heterocycles. The van der Waals surface area contributed by atoms with Gasteiger partial charge in [-0.1, -0.05) is 48.5 Å². The Morgan fingerprint density at radius 1 is 0.897 bits per heavy atom. The molecule has 3 aromatic rings. The van der Waals surface area contributed by atoms with Crippen molar-refractivity contribution in [3.05, 3.63) is 76.7 Å². The number of para-hydroxylation sites is 1. The molecule has 0 radical (unpaired) electrons. The smallest absolute Gasteiger partial charge is 0.314 e. The molecular formula is C19H23N6O3S+. The Kier molecular flexibility index (Phi) is 5.56. The number of sulfonamides is 1. The third kappa shape index (κ3) is 4.44. The van der Waals surface area contributed by atoms with Gasteiger partial charge < -0.3 is 4.90 Å². The van der Waals surface area contributed by atoms with E-state index in [1.54, 1.807) is 12.1 Å². The first-order valence-corrected chi connectivity index (χ1v) is 11.1. The first-order chi connectivity index (χ1) is 14.0. The van der Waals surface area contributed by atoms with E-state index in [2.05, 4.69) is 10.4 Å². The van der Waals surface area contributed by atoms with Gasteiger partial charge in [-0.25, -0.2) is 13.2 Å². The molecule has 4 rings (SSSR count). The third-order valence-corrected chi connectivity index (χ3v) is 6.88. The summed E-state index contributed by atoms with van der Waals surface area (Å²) >= 11 is 0. The Bertz CT molecular complexity index is 1100. The van der Waals surface area contributed by atoms with Gasteiger partial charge in [0.25, 0.3) is 0 Å². The number of aromatic nitrogens is 4. The van der Waals surface area contributed by atoms with Crippen LogP contribution in [0.1, 0.15) is 5.56 Å². The fourth-order valence-electron chi connectivity index (χ4n) is 3.43. The summed E-state index contributed by atoms with van der Waals surface area (Å²) in [6, 6.07) is 18.3. The molecule has 0 atom stereocenters. The van der Waals surface area contributed by atoms with Crippen molar-refractivity contribution in [3.8, 4) is 5.69 Å². The second-order valence-electron chi connectivity index (χ2n) is 7.06. The molecule has 1 fully saturated rings. The molecule has 0 amide bonds. The number of tetrazole rings is 1. The minimum absolute atomic E-state index is 0.00797. The number of hydrogen-bond donors (Lipinski definition) is 1. The molecule has 1 aliphatic heterocycles. The van der Waals surface area contributed by atoms with Crippen LogP contribution in [0, 0.1) is 0 Å². The summed E-state index contributed by atoms with van der Waals surface area (Å²) in [5, 5.41) is 7.92. The largest absolute Gasteiger partial charge is 0.373 e. The summed E-state index contributed by atoms with van der Waals surface area (Å²) in [7, 11) is -3.35. The highest BCUT2D eigenvalue weighted by Gasteiger charge is 2.29. The summed E-state index contributed by atoms with van der Waals surface area (Å²) in [4.78, 5) is 13.6. The number of benzene rings is 2. The fourth-order valence-corrected chi connectivity index (χ4v) is 4.97. The first-order valence-electron chi connectivity index (χ1n) is 9.46. The van der Waals surface area contributed by atoms with Crippen molar-refractivity contribution in [2.75, 3.05) is 26.2 Å². The van der Waals surface area contributed by atoms with Crippen molar-refractivity contribution in [2.45, 2.75) is 12.4 Å². The Morgan fingerprint density at radius 2 is 1.52 bits per heavy atom. The predicted octanol–water partition coefficient (Wildman–Crippen LogP) is -0.883. The Balaban J connectivity index is 1.37. The van der Waals surface area contributed by atoms with Crippen LogP contribution in [0.25, 0.3) is 5.69 Å². The SMILES string of the molecule is O=c1n(C[NH+]2CCN(S(=O)(=O)Cc3ccccc3)CC2)nnn1-c1ccccc1. The normalized spacial score (nSPS) is 16.1. The van der Waals surface area contributed by atoms with Gasteiger partial charge in [-0.05, 0) is 28.1 Å². The Labute approximate surface area is 168 Å². The third-order valence-electron chi connectivity index (χ3n) is 5.03. The second kappa shape index (κ2) is 8.27. The van der Waals surface area contributed by atoms with Crippen LogP contribution in [-0.2, 0) is 22.4 Å². The standard InChI is InChI=1S/C19H22N6O3S/c26-19-24(20-21-25(19)18-9-5-2-6-10-18)16-22-11-13-23(14-12-22)29(27,28)15-17-7-3-1-4-8-17/h1-10H,11-16H2/p+1. The monoisotopic (exact) mass is 415 g/mol. The van der Waals surface area contributed by atoms with Crippen LogP contribution < -0.4 is 10.6 Å². The van der Waals surface area contributed by atoms with Gasteiger partial charge in [0, 0.05) is 0 Å². The maximum absolute atomic E-state index is 12.7. The molecule has 1 aromatic heterocycles. The lowest BCUT2D eigenvalue weighted by Crippen LogP contribution is -3.14. The second-order valence-corrected chi connectivity index (χ2v) is 9.03. The van der Waals surface area contributed by atoms with Crippen molar-refractivity contribution in [2.24, 2.45) is 0 Å². The zero-order valence-electron chi connectivity index (χ0n) is 15.9. The van der Waals surface area contributed by atoms with Crippen LogP contribution in [0.2, 0.25) is 0 Å². The fraction of sp³-hybridized carbons (Fsp3) is 0.316. The van der Waals surface area contributed by atoms with E-state index < -0.39 is 10.0 Å². The lowest BCUT2D eigenvalue weighted by atomic mass is 10.2. The molecule has 2 heterocycles. The van der Waals surface area contributed by atoms with Crippen LogP contribution in [0.5, 0.6) is 0 Å². The molecule has 0 unspecified atom stereocenters. The van der Waals surface area contributed by atoms with Crippen LogP contribution in [-0.4, -0.2) is 58.7 Å². The highest BCUT2D eigenvalue weighted by Crippen LogP contribution is 2.10. The summed E-state index contributed by atoms with van der Waals surface area (Å²) in [5.41, 5.74) is 1.14. The van der Waals surface area contributed by atoms with E-state index in [1.807, 2.05) is 48.5 Å². The van der Waals surface area contributed by atoms with E-state index in [0.717, 1.165) is 10.5 Å². The molecule has 29 heavy (non-hydrogen) atoms. The van der Waals surface area contributed by atoms with E-state index in [1.165, 1.54) is 13.7 Å². The van der Waals surface area contributed by atoms with Crippen molar-refractivity contribution in [1.29, 1.82) is 0 Å². The van der Waals surface area contributed by atoms with E-state index in [-0.39, 0.29) is 11.4 Å². The van der Waals surface area contributed by atoms with Gasteiger partial charge in [0.1, 0.15) is 0 Å². The lowest BCUT2D eigenvalue weighted by Gasteiger charge is -2.31. The topological polar surface area (TPSA) is 94.5 Å². The summed E-state index contributed by atoms with van der Waals surface area (Å²) in [6.07, 6.45) is 0. The van der Waals surface area contributed by atoms with Gasteiger partial charge in [-0.3, -0.25) is 0 Å². The van der Waals surface area contributed by atoms with Crippen molar-refractivity contribution < 1.29 is 13.3 Å². The van der Waals surface area contributed by atoms with Gasteiger partial charge in [-0.15, -0.1) is 4.68 Å². The van der Waals surface area contributed by atoms with Crippen molar-refractivity contribution in [1.82, 2.24) is 24.1 Å². The summed E-state index contributed by atoms with van der Waals surface area (Å²) < 4.78 is 29.5. The van der Waals surface area contributed by atoms with Crippen molar-refractivity contribution in [3.63, 3.8) is 0 Å². The van der Waals surface area contributed by atoms with Crippen LogP contribution >= 0.6 is 0 Å². The van der Waals surface area contributed by atoms with Crippen molar-refractivity contribution >= 4 is 10.0 Å². The number of piperazine rings is 1. The number of nitrogens with one attached hydrogen (secondary N) is 1. The van der Waals surface area contributed by atoms with E-state index in [9.17, 15) is 13.2 Å². The highest BCUT2D eigenvalue weighted by molar-refractivity contribution is 7.88. The molecule has 2 aromatic carbocycles. The van der Waals surface area contributed by atoms with Crippen LogP contribution in [0.3, 0.4) is 0 Å². The zero-order chi connectivity index (χ0) is 20.3. The minimum atomic E-state index is -3.35. The predicted molar refractivity (Wildman–Crippen MR) is 107 cm³/mol. The van der Waals surface area contributed by atoms with Gasteiger partial charge in [0.2, 0.25) is 10.0 Å². The molecule has 1 N–H and O–H groups in total. The molecule has 0 aliphatic carbocycles. The van der Waals surface area contributed by atoms with Crippen LogP contribution in [0.15, 0.2) is 65.5 Å². The molecular weight excluding hydrogens is 392 g/mol. The zero-order valence-corrected chi connectivity index (χ0v) is 16.7. The number of hydrogen-bond acceptors (Lipinski definition) is 5. The lowest BCUT2D eigenvalue weighted by molar-refractivity contribution is -0.927. The number of rotatable bonds is 6. The molecule has 0 bridgehead atoms. The number of nitrogens with zero attached hydrogens (tertiary/aromatic N) is 5. The average molecular weight is 415 g/mol. The van der Waals surface area contributed by atoms with Gasteiger partial charge in [0.15, 0.2) is 6.67 Å². The van der Waals surface area contributed by atoms with Gasteiger partial charge >= 0.3 is 5.69 Å². The van der Waals surface area contributed by atoms with E-state index in [0.29, 0.717) is 38.5 Å². The number of quaternary nitrogens is 1. The average Bonchev–Trinajstić information content (AvgIpc) is 3.10. The van der Waals surface area contributed by atoms with Gasteiger partial charge in [-0.2, -0.15) is 8.99 Å². The summed E-state index contributed by atoms with van der Waals surface area (Å²) in [6.45, 7) is 2.42. The Morgan fingerprint density at radius 3 is 2.17 bits per heavy atom. The molecule has 10 heteroatoms. The first kappa shape index (κ1) is 19.5. The maximum atomic E-state index is 12.7. The molecule has 1 aliphatic rings. The molecule has 0 saturated carbocycles. The van der Waals surface area contributed by atoms with E-state index in [4.69, 9.17) is 0 Å². The highest BCUT2D eigenvalue weighted by atomic mass is 32.2. The van der Waals surface area contributed by atoms with Gasteiger partial charge in [0.05, 0.1) is 37.6 Å². The maximum Gasteiger partial charge on any atom is 0.373 e. The van der Waals surface area contributed by atoms with E-state index >= 15 is 0 Å². The van der Waals surface area contributed by atoms with Crippen LogP contribution in [0.4, 0.5) is 0 Å².